The molecule has 0 atom stereocenters. The first-order valence-corrected chi connectivity index (χ1v) is 11.9. The lowest BCUT2D eigenvalue weighted by Crippen LogP contribution is -2.44. The number of aromatic nitrogens is 3. The Bertz CT molecular complexity index is 1160. The molecule has 2 saturated heterocycles. The molecule has 1 aromatic carbocycles. The predicted octanol–water partition coefficient (Wildman–Crippen LogP) is 4.88. The summed E-state index contributed by atoms with van der Waals surface area (Å²) in [6, 6.07) is 12.2. The lowest BCUT2D eigenvalue weighted by molar-refractivity contribution is 0.313. The quantitative estimate of drug-likeness (QED) is 0.521. The van der Waals surface area contributed by atoms with E-state index in [-0.39, 0.29) is 0 Å². The number of allylic oxidation sites excluding steroid dienone is 1. The van der Waals surface area contributed by atoms with Crippen molar-refractivity contribution in [1.29, 1.82) is 0 Å². The number of pyridine rings is 1. The summed E-state index contributed by atoms with van der Waals surface area (Å²) in [6.07, 6.45) is 5.44. The Hall–Kier alpha value is -3.36. The van der Waals surface area contributed by atoms with Crippen LogP contribution >= 0.6 is 11.6 Å². The van der Waals surface area contributed by atoms with E-state index in [0.717, 1.165) is 68.5 Å². The summed E-state index contributed by atoms with van der Waals surface area (Å²) in [7, 11) is 2.16. The number of rotatable bonds is 6. The van der Waals surface area contributed by atoms with Gasteiger partial charge in [-0.2, -0.15) is 4.98 Å². The van der Waals surface area contributed by atoms with Crippen LogP contribution in [0.15, 0.2) is 61.1 Å². The van der Waals surface area contributed by atoms with Crippen LogP contribution in [-0.4, -0.2) is 59.6 Å². The van der Waals surface area contributed by atoms with Gasteiger partial charge >= 0.3 is 0 Å². The molecule has 2 fully saturated rings. The summed E-state index contributed by atoms with van der Waals surface area (Å²) in [5.41, 5.74) is 4.04. The van der Waals surface area contributed by atoms with Crippen LogP contribution in [0.4, 0.5) is 34.6 Å². The summed E-state index contributed by atoms with van der Waals surface area (Å²) >= 11 is 6.43. The largest absolute Gasteiger partial charge is 0.369 e. The van der Waals surface area contributed by atoms with Crippen molar-refractivity contribution in [1.82, 2.24) is 19.9 Å². The second kappa shape index (κ2) is 9.87. The Balaban J connectivity index is 1.31. The molecule has 0 bridgehead atoms. The number of likely N-dealkylation sites (N-methyl/N-ethyl adjacent to an activating group) is 1. The Labute approximate surface area is 205 Å². The van der Waals surface area contributed by atoms with E-state index in [9.17, 15) is 0 Å². The first-order chi connectivity index (χ1) is 16.6. The van der Waals surface area contributed by atoms with Crippen LogP contribution in [0.25, 0.3) is 0 Å². The van der Waals surface area contributed by atoms with E-state index in [2.05, 4.69) is 78.2 Å². The van der Waals surface area contributed by atoms with Gasteiger partial charge in [-0.1, -0.05) is 18.2 Å². The van der Waals surface area contributed by atoms with Crippen LogP contribution in [0.1, 0.15) is 12.8 Å². The van der Waals surface area contributed by atoms with Gasteiger partial charge in [0.15, 0.2) is 11.6 Å². The molecule has 2 aliphatic rings. The molecule has 0 saturated carbocycles. The number of nitrogens with one attached hydrogen (secondary N) is 2. The highest BCUT2D eigenvalue weighted by atomic mass is 35.5. The maximum atomic E-state index is 6.43. The zero-order valence-electron chi connectivity index (χ0n) is 19.3. The van der Waals surface area contributed by atoms with Crippen LogP contribution in [0.5, 0.6) is 0 Å². The summed E-state index contributed by atoms with van der Waals surface area (Å²) in [5.74, 6) is 1.82. The zero-order chi connectivity index (χ0) is 23.5. The Morgan fingerprint density at radius 3 is 2.50 bits per heavy atom. The normalized spacial score (nSPS) is 16.7. The maximum Gasteiger partial charge on any atom is 0.229 e. The number of halogens is 1. The van der Waals surface area contributed by atoms with Crippen molar-refractivity contribution in [2.75, 3.05) is 60.2 Å². The minimum atomic E-state index is 0.436. The predicted molar refractivity (Wildman–Crippen MR) is 140 cm³/mol. The van der Waals surface area contributed by atoms with Gasteiger partial charge < -0.3 is 25.3 Å². The first-order valence-electron chi connectivity index (χ1n) is 11.6. The first kappa shape index (κ1) is 22.4. The van der Waals surface area contributed by atoms with Gasteiger partial charge in [-0.15, -0.1) is 0 Å². The van der Waals surface area contributed by atoms with E-state index in [1.165, 1.54) is 5.69 Å². The number of hydrogen-bond donors (Lipinski definition) is 2. The van der Waals surface area contributed by atoms with Crippen molar-refractivity contribution in [2.45, 2.75) is 12.8 Å². The van der Waals surface area contributed by atoms with E-state index in [1.54, 1.807) is 12.4 Å². The van der Waals surface area contributed by atoms with Crippen LogP contribution in [0.3, 0.4) is 0 Å². The van der Waals surface area contributed by atoms with E-state index < -0.39 is 0 Å². The Morgan fingerprint density at radius 1 is 0.971 bits per heavy atom. The highest BCUT2D eigenvalue weighted by Gasteiger charge is 2.21. The van der Waals surface area contributed by atoms with Gasteiger partial charge in [0.2, 0.25) is 5.95 Å². The maximum absolute atomic E-state index is 6.43. The molecule has 2 aliphatic heterocycles. The van der Waals surface area contributed by atoms with E-state index in [0.29, 0.717) is 16.8 Å². The zero-order valence-corrected chi connectivity index (χ0v) is 20.1. The van der Waals surface area contributed by atoms with Gasteiger partial charge in [0.25, 0.3) is 0 Å². The molecule has 8 nitrogen and oxygen atoms in total. The van der Waals surface area contributed by atoms with Gasteiger partial charge in [0.1, 0.15) is 5.02 Å². The van der Waals surface area contributed by atoms with Crippen molar-refractivity contribution in [2.24, 2.45) is 0 Å². The minimum Gasteiger partial charge on any atom is -0.369 e. The molecule has 5 rings (SSSR count). The molecule has 2 aromatic heterocycles. The summed E-state index contributed by atoms with van der Waals surface area (Å²) in [6.45, 7) is 9.32. The third-order valence-electron chi connectivity index (χ3n) is 6.26. The molecular formula is C25H29ClN8. The van der Waals surface area contributed by atoms with Crippen molar-refractivity contribution in [3.05, 3.63) is 66.1 Å². The number of anilines is 6. The average molecular weight is 477 g/mol. The van der Waals surface area contributed by atoms with Crippen LogP contribution < -0.4 is 20.4 Å². The highest BCUT2D eigenvalue weighted by Crippen LogP contribution is 2.34. The summed E-state index contributed by atoms with van der Waals surface area (Å²) < 4.78 is 0. The molecule has 0 unspecified atom stereocenters. The Morgan fingerprint density at radius 2 is 1.76 bits per heavy atom. The lowest BCUT2D eigenvalue weighted by atomic mass is 10.2. The molecule has 0 amide bonds. The average Bonchev–Trinajstić information content (AvgIpc) is 3.28. The fourth-order valence-corrected chi connectivity index (χ4v) is 4.43. The van der Waals surface area contributed by atoms with Crippen molar-refractivity contribution < 1.29 is 0 Å². The third-order valence-corrected chi connectivity index (χ3v) is 6.54. The Kier molecular flexibility index (Phi) is 6.51. The molecule has 4 heterocycles. The van der Waals surface area contributed by atoms with Gasteiger partial charge in [-0.3, -0.25) is 0 Å². The van der Waals surface area contributed by atoms with E-state index in [1.807, 2.05) is 12.1 Å². The van der Waals surface area contributed by atoms with Gasteiger partial charge in [0, 0.05) is 56.0 Å². The van der Waals surface area contributed by atoms with Crippen LogP contribution in [-0.2, 0) is 0 Å². The monoisotopic (exact) mass is 476 g/mol. The van der Waals surface area contributed by atoms with Crippen molar-refractivity contribution >= 4 is 46.2 Å². The van der Waals surface area contributed by atoms with E-state index >= 15 is 0 Å². The molecule has 0 radical (unpaired) electrons. The molecule has 0 spiro atoms. The second-order valence-electron chi connectivity index (χ2n) is 8.67. The van der Waals surface area contributed by atoms with Crippen molar-refractivity contribution in [3.8, 4) is 0 Å². The molecule has 176 valence electrons. The van der Waals surface area contributed by atoms with Crippen LogP contribution in [0, 0.1) is 0 Å². The molecular weight excluding hydrogens is 448 g/mol. The second-order valence-corrected chi connectivity index (χ2v) is 9.08. The number of piperazine rings is 1. The number of hydrogen-bond acceptors (Lipinski definition) is 8. The van der Waals surface area contributed by atoms with Crippen LogP contribution in [0.2, 0.25) is 5.02 Å². The van der Waals surface area contributed by atoms with Gasteiger partial charge in [0.05, 0.1) is 11.9 Å². The topological polar surface area (TPSA) is 72.5 Å². The van der Waals surface area contributed by atoms with Gasteiger partial charge in [-0.25, -0.2) is 9.97 Å². The van der Waals surface area contributed by atoms with Gasteiger partial charge in [-0.05, 0) is 56.3 Å². The third kappa shape index (κ3) is 4.93. The smallest absolute Gasteiger partial charge is 0.229 e. The number of benzene rings is 1. The van der Waals surface area contributed by atoms with E-state index in [4.69, 9.17) is 11.6 Å². The molecule has 9 heteroatoms. The number of nitrogens with zero attached hydrogens (tertiary/aromatic N) is 6. The molecule has 0 aliphatic carbocycles. The standard InChI is InChI=1S/C25H29ClN8/c1-18-5-4-12-34(18)24-22(6-3-11-27-24)30-23-21(26)17-28-25(31-23)29-19-7-9-20(10-8-19)33-15-13-32(2)14-16-33/h3,6-11,17H,1,4-5,12-16H2,2H3,(H2,28,29,30,31). The fraction of sp³-hybridized carbons (Fsp3) is 0.320. The molecule has 3 aromatic rings. The summed E-state index contributed by atoms with van der Waals surface area (Å²) in [5, 5.41) is 7.06. The molecule has 2 N–H and O–H groups in total. The highest BCUT2D eigenvalue weighted by molar-refractivity contribution is 6.33. The van der Waals surface area contributed by atoms with Crippen molar-refractivity contribution in [3.63, 3.8) is 0 Å². The fourth-order valence-electron chi connectivity index (χ4n) is 4.29. The lowest BCUT2D eigenvalue weighted by Gasteiger charge is -2.34. The SMILES string of the molecule is C=C1CCCN1c1ncccc1Nc1nc(Nc2ccc(N3CCN(C)CC3)cc2)ncc1Cl. The minimum absolute atomic E-state index is 0.436. The summed E-state index contributed by atoms with van der Waals surface area (Å²) in [4.78, 5) is 20.4. The molecule has 34 heavy (non-hydrogen) atoms.